The fourth-order valence-electron chi connectivity index (χ4n) is 5.61. The Balaban J connectivity index is 1.70. The van der Waals surface area contributed by atoms with E-state index in [0.29, 0.717) is 24.2 Å². The van der Waals surface area contributed by atoms with Crippen molar-refractivity contribution in [2.24, 2.45) is 0 Å². The molecule has 5 rings (SSSR count). The molecule has 3 heterocycles. The zero-order chi connectivity index (χ0) is 26.9. The largest absolute Gasteiger partial charge is 0.726 e. The standard InChI is InChI=1S/C31H32BF2N2O2/c1-5-22-24(7-3)30(35-28(22)20-15-11-9-12-16-20)26-19-27(38-32(33,34)37-26)31-25(8-4)23(6-2)29(36-31)21-17-13-10-14-18-21/h9-19,35H,5-8H2,1-4H3/q-1/p+1/b31-27+. The molecule has 2 aliphatic heterocycles. The van der Waals surface area contributed by atoms with Crippen LogP contribution in [0.25, 0.3) is 17.0 Å². The highest BCUT2D eigenvalue weighted by atomic mass is 19.3. The summed E-state index contributed by atoms with van der Waals surface area (Å²) in [6, 6.07) is 19.9. The minimum atomic E-state index is -4.57. The van der Waals surface area contributed by atoms with Crippen LogP contribution in [0, 0.1) is 0 Å². The van der Waals surface area contributed by atoms with Crippen LogP contribution in [0.1, 0.15) is 62.9 Å². The van der Waals surface area contributed by atoms with Gasteiger partial charge in [0.15, 0.2) is 5.76 Å². The molecular weight excluding hydrogens is 481 g/mol. The molecule has 7 heteroatoms. The van der Waals surface area contributed by atoms with E-state index < -0.39 is 7.11 Å². The van der Waals surface area contributed by atoms with Crippen molar-refractivity contribution < 1.29 is 22.9 Å². The van der Waals surface area contributed by atoms with Crippen molar-refractivity contribution in [1.29, 1.82) is 0 Å². The first-order chi connectivity index (χ1) is 18.4. The summed E-state index contributed by atoms with van der Waals surface area (Å²) in [6.07, 6.45) is 4.50. The Morgan fingerprint density at radius 1 is 0.711 bits per heavy atom. The second kappa shape index (κ2) is 10.5. The van der Waals surface area contributed by atoms with Crippen LogP contribution in [0.5, 0.6) is 0 Å². The van der Waals surface area contributed by atoms with Crippen molar-refractivity contribution in [2.75, 3.05) is 0 Å². The summed E-state index contributed by atoms with van der Waals surface area (Å²) < 4.78 is 40.7. The number of rotatable bonds is 7. The highest BCUT2D eigenvalue weighted by Gasteiger charge is 2.42. The third kappa shape index (κ3) is 4.62. The maximum absolute atomic E-state index is 15.1. The van der Waals surface area contributed by atoms with E-state index in [4.69, 9.17) is 9.31 Å². The van der Waals surface area contributed by atoms with Crippen molar-refractivity contribution >= 4 is 18.6 Å². The Hall–Kier alpha value is -3.87. The van der Waals surface area contributed by atoms with Crippen molar-refractivity contribution in [3.05, 3.63) is 112 Å². The highest BCUT2D eigenvalue weighted by molar-refractivity contribution is 6.53. The number of hydrogen-bond acceptors (Lipinski definition) is 2. The van der Waals surface area contributed by atoms with Gasteiger partial charge in [0, 0.05) is 28.5 Å². The molecule has 1 aromatic heterocycles. The van der Waals surface area contributed by atoms with Crippen LogP contribution < -0.4 is 4.99 Å². The van der Waals surface area contributed by atoms with Crippen molar-refractivity contribution in [3.8, 4) is 11.3 Å². The Morgan fingerprint density at radius 2 is 1.29 bits per heavy atom. The van der Waals surface area contributed by atoms with Gasteiger partial charge in [0.05, 0.1) is 5.69 Å². The summed E-state index contributed by atoms with van der Waals surface area (Å²) in [4.78, 5) is 6.87. The van der Waals surface area contributed by atoms with E-state index in [2.05, 4.69) is 23.8 Å². The molecule has 0 fully saturated rings. The predicted octanol–water partition coefficient (Wildman–Crippen LogP) is 6.48. The van der Waals surface area contributed by atoms with Crippen molar-refractivity contribution in [3.63, 3.8) is 0 Å². The molecule has 4 nitrogen and oxygen atoms in total. The number of benzene rings is 2. The van der Waals surface area contributed by atoms with Gasteiger partial charge in [0.1, 0.15) is 5.76 Å². The first kappa shape index (κ1) is 25.8. The molecular formula is C31H33BF2N2O2. The maximum atomic E-state index is 15.1. The lowest BCUT2D eigenvalue weighted by Gasteiger charge is -2.34. The van der Waals surface area contributed by atoms with Crippen molar-refractivity contribution in [1.82, 2.24) is 4.98 Å². The molecule has 196 valence electrons. The van der Waals surface area contributed by atoms with Gasteiger partial charge in [-0.25, -0.2) is 4.99 Å². The zero-order valence-electron chi connectivity index (χ0n) is 22.3. The van der Waals surface area contributed by atoms with Gasteiger partial charge in [-0.2, -0.15) is 0 Å². The van der Waals surface area contributed by atoms with Crippen LogP contribution in [0.15, 0.2) is 89.3 Å². The molecule has 0 saturated carbocycles. The number of aromatic nitrogens is 1. The molecule has 0 atom stereocenters. The van der Waals surface area contributed by atoms with Crippen LogP contribution in [0.2, 0.25) is 0 Å². The third-order valence-electron chi connectivity index (χ3n) is 7.26. The van der Waals surface area contributed by atoms with Gasteiger partial charge in [-0.05, 0) is 54.5 Å². The number of hydrogen-bond donors (Lipinski definition) is 2. The monoisotopic (exact) mass is 514 g/mol. The average Bonchev–Trinajstić information content (AvgIpc) is 3.51. The molecule has 0 aliphatic carbocycles. The van der Waals surface area contributed by atoms with Gasteiger partial charge >= 0.3 is 7.11 Å². The van der Waals surface area contributed by atoms with E-state index in [1.54, 1.807) is 6.08 Å². The lowest BCUT2D eigenvalue weighted by molar-refractivity contribution is -0.390. The summed E-state index contributed by atoms with van der Waals surface area (Å²) in [7, 11) is -4.57. The fraction of sp³-hybridized carbons (Fsp3) is 0.258. The normalized spacial score (nSPS) is 18.7. The lowest BCUT2D eigenvalue weighted by Crippen LogP contribution is -2.69. The van der Waals surface area contributed by atoms with Gasteiger partial charge in [0.25, 0.3) is 0 Å². The quantitative estimate of drug-likeness (QED) is 0.355. The fourth-order valence-corrected chi connectivity index (χ4v) is 5.61. The summed E-state index contributed by atoms with van der Waals surface area (Å²) in [5.41, 5.74) is 9.21. The van der Waals surface area contributed by atoms with Crippen molar-refractivity contribution in [2.45, 2.75) is 53.4 Å². The highest BCUT2D eigenvalue weighted by Crippen LogP contribution is 2.39. The van der Waals surface area contributed by atoms with Crippen LogP contribution >= 0.6 is 0 Å². The van der Waals surface area contributed by atoms with Gasteiger partial charge in [-0.1, -0.05) is 76.2 Å². The summed E-state index contributed by atoms with van der Waals surface area (Å²) in [5, 5.41) is 0. The number of nitrogens with one attached hydrogen (secondary N) is 2. The summed E-state index contributed by atoms with van der Waals surface area (Å²) in [6.45, 7) is 8.23. The Bertz CT molecular complexity index is 1470. The van der Waals surface area contributed by atoms with E-state index in [1.165, 1.54) is 0 Å². The number of allylic oxidation sites excluding steroid dienone is 3. The molecule has 2 aromatic carbocycles. The molecule has 2 N–H and O–H groups in total. The first-order valence-corrected chi connectivity index (χ1v) is 13.5. The summed E-state index contributed by atoms with van der Waals surface area (Å²) in [5.74, 6) is 0.196. The molecule has 0 saturated heterocycles. The smallest absolute Gasteiger partial charge is 0.626 e. The first-order valence-electron chi connectivity index (χ1n) is 13.5. The Morgan fingerprint density at radius 3 is 1.87 bits per heavy atom. The minimum absolute atomic E-state index is 0.0981. The maximum Gasteiger partial charge on any atom is 0.726 e. The molecule has 38 heavy (non-hydrogen) atoms. The topological polar surface area (TPSA) is 48.2 Å². The molecule has 0 bridgehead atoms. The number of H-pyrrole nitrogens is 1. The average molecular weight is 514 g/mol. The number of aromatic amines is 1. The molecule has 0 unspecified atom stereocenters. The zero-order valence-corrected chi connectivity index (χ0v) is 22.3. The van der Waals surface area contributed by atoms with Gasteiger partial charge in [0.2, 0.25) is 11.4 Å². The van der Waals surface area contributed by atoms with Crippen LogP contribution in [0.3, 0.4) is 0 Å². The molecule has 3 aromatic rings. The van der Waals surface area contributed by atoms with E-state index in [9.17, 15) is 0 Å². The Kier molecular flexibility index (Phi) is 7.11. The van der Waals surface area contributed by atoms with E-state index in [1.807, 2.05) is 74.5 Å². The molecule has 2 aliphatic rings. The second-order valence-corrected chi connectivity index (χ2v) is 9.45. The number of halogens is 2. The van der Waals surface area contributed by atoms with E-state index >= 15 is 8.63 Å². The van der Waals surface area contributed by atoms with E-state index in [-0.39, 0.29) is 11.5 Å². The summed E-state index contributed by atoms with van der Waals surface area (Å²) >= 11 is 0. The van der Waals surface area contributed by atoms with Gasteiger partial charge in [-0.3, -0.25) is 0 Å². The molecule has 0 amide bonds. The van der Waals surface area contributed by atoms with Gasteiger partial charge < -0.3 is 22.9 Å². The predicted molar refractivity (Wildman–Crippen MR) is 149 cm³/mol. The van der Waals surface area contributed by atoms with Crippen LogP contribution in [-0.2, 0) is 22.2 Å². The minimum Gasteiger partial charge on any atom is -0.626 e. The van der Waals surface area contributed by atoms with Crippen LogP contribution in [-0.4, -0.2) is 17.8 Å². The second-order valence-electron chi connectivity index (χ2n) is 9.45. The van der Waals surface area contributed by atoms with Gasteiger partial charge in [-0.15, -0.1) is 0 Å². The lowest BCUT2D eigenvalue weighted by atomic mass is 9.95. The molecule has 0 spiro atoms. The molecule has 0 radical (unpaired) electrons. The SMILES string of the molecule is CCC1=C(CC)/C(=C2/C=C(c3[nH]c(-c4ccccc4)c(CC)c3CC)O[B-](F)(F)O2)[NH+]=C1c1ccccc1. The Labute approximate surface area is 222 Å². The van der Waals surface area contributed by atoms with E-state index in [0.717, 1.165) is 57.6 Å². The van der Waals surface area contributed by atoms with Crippen LogP contribution in [0.4, 0.5) is 8.63 Å². The third-order valence-corrected chi connectivity index (χ3v) is 7.26.